The maximum Gasteiger partial charge on any atom is 0.189 e. The first-order valence-electron chi connectivity index (χ1n) is 6.70. The minimum absolute atomic E-state index is 0.487. The molecule has 0 aliphatic carbocycles. The molecule has 21 heavy (non-hydrogen) atoms. The van der Waals surface area contributed by atoms with E-state index in [1.54, 1.807) is 0 Å². The summed E-state index contributed by atoms with van der Waals surface area (Å²) in [5.41, 5.74) is 9.09. The second-order valence-electron chi connectivity index (χ2n) is 4.57. The average molecular weight is 343 g/mol. The van der Waals surface area contributed by atoms with Gasteiger partial charge >= 0.3 is 0 Å². The fourth-order valence-electron chi connectivity index (χ4n) is 1.73. The Labute approximate surface area is 141 Å². The van der Waals surface area contributed by atoms with Crippen LogP contribution < -0.4 is 21.5 Å². The van der Waals surface area contributed by atoms with Gasteiger partial charge in [-0.2, -0.15) is 11.8 Å². The van der Waals surface area contributed by atoms with Crippen molar-refractivity contribution in [3.8, 4) is 0 Å². The lowest BCUT2D eigenvalue weighted by Crippen LogP contribution is -2.48. The van der Waals surface area contributed by atoms with Crippen LogP contribution in [0.4, 0.5) is 5.69 Å². The molecule has 1 aromatic carbocycles. The average Bonchev–Trinajstić information content (AvgIpc) is 2.45. The van der Waals surface area contributed by atoms with E-state index in [1.165, 1.54) is 0 Å². The van der Waals surface area contributed by atoms with Crippen LogP contribution in [-0.4, -0.2) is 28.8 Å². The first-order chi connectivity index (χ1) is 10.0. The van der Waals surface area contributed by atoms with Crippen molar-refractivity contribution in [2.75, 3.05) is 23.9 Å². The summed E-state index contributed by atoms with van der Waals surface area (Å²) >= 11 is 12.2. The predicted octanol–water partition coefficient (Wildman–Crippen LogP) is 2.72. The molecule has 0 aromatic heterocycles. The van der Waals surface area contributed by atoms with Crippen LogP contribution in [-0.2, 0) is 0 Å². The van der Waals surface area contributed by atoms with Crippen LogP contribution in [0.15, 0.2) is 18.2 Å². The van der Waals surface area contributed by atoms with Crippen molar-refractivity contribution >= 4 is 52.1 Å². The van der Waals surface area contributed by atoms with Gasteiger partial charge in [0.05, 0.1) is 0 Å². The highest BCUT2D eigenvalue weighted by atomic mass is 32.2. The molecule has 0 fully saturated rings. The summed E-state index contributed by atoms with van der Waals surface area (Å²) in [6.07, 6.45) is 3.17. The van der Waals surface area contributed by atoms with Gasteiger partial charge in [-0.1, -0.05) is 18.2 Å². The Morgan fingerprint density at radius 3 is 2.33 bits per heavy atom. The summed E-state index contributed by atoms with van der Waals surface area (Å²) in [6.45, 7) is 4.94. The minimum Gasteiger partial charge on any atom is -0.361 e. The Hall–Kier alpha value is -1.05. The zero-order valence-corrected chi connectivity index (χ0v) is 15.0. The van der Waals surface area contributed by atoms with Gasteiger partial charge in [0.2, 0.25) is 0 Å². The molecule has 0 aliphatic rings. The molecule has 7 heteroatoms. The molecule has 4 nitrogen and oxygen atoms in total. The lowest BCUT2D eigenvalue weighted by molar-refractivity contribution is 0.788. The van der Waals surface area contributed by atoms with Crippen molar-refractivity contribution in [1.82, 2.24) is 16.2 Å². The lowest BCUT2D eigenvalue weighted by atomic mass is 10.1. The predicted molar refractivity (Wildman–Crippen MR) is 102 cm³/mol. The summed E-state index contributed by atoms with van der Waals surface area (Å²) in [6, 6.07) is 6.12. The van der Waals surface area contributed by atoms with E-state index < -0.39 is 0 Å². The van der Waals surface area contributed by atoms with Gasteiger partial charge < -0.3 is 10.6 Å². The molecule has 0 bridgehead atoms. The summed E-state index contributed by atoms with van der Waals surface area (Å²) in [4.78, 5) is 0. The van der Waals surface area contributed by atoms with E-state index in [-0.39, 0.29) is 0 Å². The molecule has 0 unspecified atom stereocenters. The third-order valence-electron chi connectivity index (χ3n) is 2.82. The van der Waals surface area contributed by atoms with Crippen LogP contribution >= 0.6 is 36.2 Å². The Morgan fingerprint density at radius 2 is 1.71 bits per heavy atom. The number of hydrogen-bond donors (Lipinski definition) is 4. The number of aryl methyl sites for hydroxylation is 2. The molecule has 0 heterocycles. The van der Waals surface area contributed by atoms with Gasteiger partial charge in [0.15, 0.2) is 10.2 Å². The van der Waals surface area contributed by atoms with Crippen LogP contribution in [0, 0.1) is 13.8 Å². The normalized spacial score (nSPS) is 9.86. The monoisotopic (exact) mass is 342 g/mol. The van der Waals surface area contributed by atoms with E-state index in [9.17, 15) is 0 Å². The maximum absolute atomic E-state index is 5.25. The third-order valence-corrected chi connectivity index (χ3v) is 3.97. The zero-order valence-electron chi connectivity index (χ0n) is 12.6. The van der Waals surface area contributed by atoms with Crippen LogP contribution in [0.25, 0.3) is 0 Å². The second kappa shape index (κ2) is 9.81. The molecule has 0 saturated carbocycles. The lowest BCUT2D eigenvalue weighted by Gasteiger charge is -2.16. The molecule has 0 atom stereocenters. The van der Waals surface area contributed by atoms with Gasteiger partial charge in [-0.3, -0.25) is 10.9 Å². The standard InChI is InChI=1S/C14H22N4S3/c1-10-6-4-7-11(2)12(10)16-14(20)18-17-13(19)15-8-5-9-21-3/h4,6-7H,5,8-9H2,1-3H3,(H2,15,17,19)(H2,16,18,20). The van der Waals surface area contributed by atoms with Crippen molar-refractivity contribution in [2.45, 2.75) is 20.3 Å². The van der Waals surface area contributed by atoms with Crippen LogP contribution in [0.1, 0.15) is 17.5 Å². The van der Waals surface area contributed by atoms with Crippen LogP contribution in [0.5, 0.6) is 0 Å². The molecule has 1 rings (SSSR count). The van der Waals surface area contributed by atoms with Crippen molar-refractivity contribution in [2.24, 2.45) is 0 Å². The molecule has 0 aliphatic heterocycles. The topological polar surface area (TPSA) is 48.1 Å². The molecule has 116 valence electrons. The van der Waals surface area contributed by atoms with Crippen molar-refractivity contribution in [3.63, 3.8) is 0 Å². The van der Waals surface area contributed by atoms with Crippen LogP contribution in [0.3, 0.4) is 0 Å². The van der Waals surface area contributed by atoms with E-state index in [2.05, 4.69) is 27.7 Å². The summed E-state index contributed by atoms with van der Waals surface area (Å²) < 4.78 is 0. The Morgan fingerprint density at radius 1 is 1.10 bits per heavy atom. The molecule has 1 aromatic rings. The smallest absolute Gasteiger partial charge is 0.189 e. The number of nitrogens with one attached hydrogen (secondary N) is 4. The number of anilines is 1. The minimum atomic E-state index is 0.487. The third kappa shape index (κ3) is 6.97. The highest BCUT2D eigenvalue weighted by Crippen LogP contribution is 2.18. The summed E-state index contributed by atoms with van der Waals surface area (Å²) in [5, 5.41) is 7.32. The number of rotatable bonds is 5. The van der Waals surface area contributed by atoms with Gasteiger partial charge in [-0.25, -0.2) is 0 Å². The number of thioether (sulfide) groups is 1. The van der Waals surface area contributed by atoms with Gasteiger partial charge in [-0.05, 0) is 67.8 Å². The molecular weight excluding hydrogens is 320 g/mol. The van der Waals surface area contributed by atoms with E-state index in [0.29, 0.717) is 10.2 Å². The number of benzene rings is 1. The van der Waals surface area contributed by atoms with Gasteiger partial charge in [-0.15, -0.1) is 0 Å². The summed E-state index contributed by atoms with van der Waals surface area (Å²) in [5.74, 6) is 1.12. The van der Waals surface area contributed by atoms with Crippen molar-refractivity contribution in [3.05, 3.63) is 29.3 Å². The largest absolute Gasteiger partial charge is 0.361 e. The first-order valence-corrected chi connectivity index (χ1v) is 8.91. The highest BCUT2D eigenvalue weighted by Gasteiger charge is 2.04. The number of para-hydroxylation sites is 1. The fraction of sp³-hybridized carbons (Fsp3) is 0.429. The van der Waals surface area contributed by atoms with E-state index in [4.69, 9.17) is 24.4 Å². The quantitative estimate of drug-likeness (QED) is 0.373. The van der Waals surface area contributed by atoms with Crippen molar-refractivity contribution in [1.29, 1.82) is 0 Å². The van der Waals surface area contributed by atoms with Gasteiger partial charge in [0.1, 0.15) is 0 Å². The number of hydrazine groups is 1. The number of hydrogen-bond acceptors (Lipinski definition) is 3. The molecule has 0 spiro atoms. The Bertz CT molecular complexity index is 471. The summed E-state index contributed by atoms with van der Waals surface area (Å²) in [7, 11) is 0. The second-order valence-corrected chi connectivity index (χ2v) is 6.38. The first kappa shape index (κ1) is 18.0. The zero-order chi connectivity index (χ0) is 15.7. The number of thiocarbonyl (C=S) groups is 2. The SMILES string of the molecule is CSCCCNC(=S)NNC(=S)Nc1c(C)cccc1C. The van der Waals surface area contributed by atoms with E-state index in [1.807, 2.05) is 43.8 Å². The van der Waals surface area contributed by atoms with E-state index in [0.717, 1.165) is 35.5 Å². The molecule has 0 saturated heterocycles. The van der Waals surface area contributed by atoms with Gasteiger partial charge in [0.25, 0.3) is 0 Å². The Kier molecular flexibility index (Phi) is 8.41. The molecule has 0 radical (unpaired) electrons. The van der Waals surface area contributed by atoms with Crippen LogP contribution in [0.2, 0.25) is 0 Å². The van der Waals surface area contributed by atoms with Crippen molar-refractivity contribution < 1.29 is 0 Å². The maximum atomic E-state index is 5.25. The Balaban J connectivity index is 2.32. The van der Waals surface area contributed by atoms with E-state index >= 15 is 0 Å². The molecular formula is C14H22N4S3. The fourth-order valence-corrected chi connectivity index (χ4v) is 2.47. The van der Waals surface area contributed by atoms with Gasteiger partial charge in [0, 0.05) is 12.2 Å². The molecule has 4 N–H and O–H groups in total. The molecule has 0 amide bonds. The highest BCUT2D eigenvalue weighted by molar-refractivity contribution is 7.98.